The molecule has 0 saturated carbocycles. The van der Waals surface area contributed by atoms with Crippen LogP contribution >= 0.6 is 0 Å². The number of carbonyl (C=O) groups excluding carboxylic acids is 4. The molecule has 10 nitrogen and oxygen atoms in total. The lowest BCUT2D eigenvalue weighted by molar-refractivity contribution is -0.137. The molecule has 0 aliphatic carbocycles. The molecule has 0 unspecified atom stereocenters. The van der Waals surface area contributed by atoms with Crippen LogP contribution in [0.25, 0.3) is 0 Å². The van der Waals surface area contributed by atoms with Crippen molar-refractivity contribution in [2.45, 2.75) is 70.4 Å². The minimum Gasteiger partial charge on any atom is -0.398 e. The standard InChI is InChI=1S/C29H32F6N6O4/c1-26(2)22(42)40(16-8-10-20(36)18(14-16)28(30,31)32)24(44)38(26)12-6-5-7-13-39-25(45)41(23(43)27(39,3)4)17-9-11-21(37)19(15-17)29(33,34)35/h8-11,14-15H,5-7,12-13,36-37H2,1-4H3. The van der Waals surface area contributed by atoms with Crippen molar-refractivity contribution in [2.24, 2.45) is 0 Å². The highest BCUT2D eigenvalue weighted by atomic mass is 19.4. The first-order valence-electron chi connectivity index (χ1n) is 13.9. The molecule has 16 heteroatoms. The van der Waals surface area contributed by atoms with Crippen LogP contribution in [0.4, 0.5) is 58.7 Å². The highest BCUT2D eigenvalue weighted by Crippen LogP contribution is 2.40. The van der Waals surface area contributed by atoms with Crippen LogP contribution in [0, 0.1) is 0 Å². The fraction of sp³-hybridized carbons (Fsp3) is 0.448. The van der Waals surface area contributed by atoms with E-state index in [0.29, 0.717) is 41.2 Å². The molecule has 2 aliphatic rings. The second-order valence-electron chi connectivity index (χ2n) is 11.9. The summed E-state index contributed by atoms with van der Waals surface area (Å²) in [5.41, 5.74) is 4.17. The third-order valence-electron chi connectivity index (χ3n) is 8.11. The number of anilines is 4. The fourth-order valence-corrected chi connectivity index (χ4v) is 5.45. The normalized spacial score (nSPS) is 18.5. The first-order valence-corrected chi connectivity index (χ1v) is 13.9. The van der Waals surface area contributed by atoms with Crippen LogP contribution in [0.15, 0.2) is 36.4 Å². The number of imide groups is 2. The number of unbranched alkanes of at least 4 members (excludes halogenated alkanes) is 2. The van der Waals surface area contributed by atoms with E-state index in [1.165, 1.54) is 37.5 Å². The van der Waals surface area contributed by atoms with Crippen LogP contribution < -0.4 is 21.3 Å². The van der Waals surface area contributed by atoms with E-state index in [1.807, 2.05) is 0 Å². The van der Waals surface area contributed by atoms with Crippen molar-refractivity contribution < 1.29 is 45.5 Å². The van der Waals surface area contributed by atoms with Crippen molar-refractivity contribution in [2.75, 3.05) is 34.4 Å². The number of nitrogen functional groups attached to an aromatic ring is 2. The molecule has 6 amide bonds. The van der Waals surface area contributed by atoms with Crippen LogP contribution in [0.2, 0.25) is 0 Å². The molecule has 2 aromatic rings. The van der Waals surface area contributed by atoms with Gasteiger partial charge in [0.05, 0.1) is 22.5 Å². The van der Waals surface area contributed by atoms with Crippen molar-refractivity contribution in [3.05, 3.63) is 47.5 Å². The predicted octanol–water partition coefficient (Wildman–Crippen LogP) is 5.85. The molecule has 2 aliphatic heterocycles. The molecule has 0 radical (unpaired) electrons. The molecular formula is C29H32F6N6O4. The summed E-state index contributed by atoms with van der Waals surface area (Å²) in [5.74, 6) is -1.44. The van der Waals surface area contributed by atoms with Crippen molar-refractivity contribution in [3.63, 3.8) is 0 Å². The van der Waals surface area contributed by atoms with Gasteiger partial charge >= 0.3 is 24.4 Å². The number of benzene rings is 2. The van der Waals surface area contributed by atoms with Crippen molar-refractivity contribution in [1.29, 1.82) is 0 Å². The summed E-state index contributed by atoms with van der Waals surface area (Å²) in [6, 6.07) is 3.97. The van der Waals surface area contributed by atoms with Crippen molar-refractivity contribution in [1.82, 2.24) is 9.80 Å². The first-order chi connectivity index (χ1) is 20.6. The van der Waals surface area contributed by atoms with E-state index in [2.05, 4.69) is 0 Å². The van der Waals surface area contributed by atoms with Gasteiger partial charge in [-0.05, 0) is 83.4 Å². The molecular weight excluding hydrogens is 610 g/mol. The summed E-state index contributed by atoms with van der Waals surface area (Å²) in [6.45, 7) is 6.02. The molecule has 2 heterocycles. The molecule has 4 rings (SSSR count). The lowest BCUT2D eigenvalue weighted by Crippen LogP contribution is -2.45. The maximum Gasteiger partial charge on any atom is 0.418 e. The quantitative estimate of drug-likeness (QED) is 0.161. The Morgan fingerprint density at radius 2 is 0.933 bits per heavy atom. The Bertz CT molecular complexity index is 1440. The molecule has 0 spiro atoms. The van der Waals surface area contributed by atoms with Gasteiger partial charge in [-0.3, -0.25) is 9.59 Å². The zero-order valence-electron chi connectivity index (χ0n) is 24.8. The summed E-state index contributed by atoms with van der Waals surface area (Å²) in [5, 5.41) is 0. The third kappa shape index (κ3) is 5.84. The average molecular weight is 643 g/mol. The van der Waals surface area contributed by atoms with Gasteiger partial charge < -0.3 is 21.3 Å². The van der Waals surface area contributed by atoms with Gasteiger partial charge in [-0.25, -0.2) is 19.4 Å². The van der Waals surface area contributed by atoms with Gasteiger partial charge in [0.25, 0.3) is 11.8 Å². The number of hydrogen-bond donors (Lipinski definition) is 2. The zero-order valence-corrected chi connectivity index (χ0v) is 24.8. The summed E-state index contributed by atoms with van der Waals surface area (Å²) >= 11 is 0. The smallest absolute Gasteiger partial charge is 0.398 e. The van der Waals surface area contributed by atoms with E-state index in [1.54, 1.807) is 0 Å². The van der Waals surface area contributed by atoms with Crippen molar-refractivity contribution >= 4 is 46.6 Å². The molecule has 2 saturated heterocycles. The van der Waals surface area contributed by atoms with Gasteiger partial charge in [0.2, 0.25) is 0 Å². The lowest BCUT2D eigenvalue weighted by Gasteiger charge is -2.29. The lowest BCUT2D eigenvalue weighted by atomic mass is 10.0. The Hall–Kier alpha value is -4.50. The first kappa shape index (κ1) is 33.4. The second-order valence-corrected chi connectivity index (χ2v) is 11.9. The van der Waals surface area contributed by atoms with Gasteiger partial charge in [-0.15, -0.1) is 0 Å². The Labute approximate surface area is 254 Å². The minimum absolute atomic E-state index is 0.0588. The number of nitrogens with zero attached hydrogens (tertiary/aromatic N) is 4. The number of alkyl halides is 6. The topological polar surface area (TPSA) is 133 Å². The Morgan fingerprint density at radius 1 is 0.600 bits per heavy atom. The fourth-order valence-electron chi connectivity index (χ4n) is 5.45. The zero-order chi connectivity index (χ0) is 33.9. The summed E-state index contributed by atoms with van der Waals surface area (Å²) in [6.07, 6.45) is -8.52. The van der Waals surface area contributed by atoms with E-state index in [0.717, 1.165) is 24.3 Å². The number of carbonyl (C=O) groups is 4. The number of urea groups is 2. The molecule has 2 fully saturated rings. The Morgan fingerprint density at radius 3 is 1.24 bits per heavy atom. The number of amides is 6. The third-order valence-corrected chi connectivity index (χ3v) is 8.11. The predicted molar refractivity (Wildman–Crippen MR) is 153 cm³/mol. The van der Waals surface area contributed by atoms with E-state index in [4.69, 9.17) is 11.5 Å². The molecule has 0 atom stereocenters. The largest absolute Gasteiger partial charge is 0.418 e. The molecule has 45 heavy (non-hydrogen) atoms. The van der Waals surface area contributed by atoms with E-state index in [9.17, 15) is 45.5 Å². The highest BCUT2D eigenvalue weighted by Gasteiger charge is 2.53. The van der Waals surface area contributed by atoms with Gasteiger partial charge in [0, 0.05) is 24.5 Å². The van der Waals surface area contributed by atoms with Gasteiger partial charge in [-0.1, -0.05) is 0 Å². The van der Waals surface area contributed by atoms with Gasteiger partial charge in [-0.2, -0.15) is 26.3 Å². The van der Waals surface area contributed by atoms with Crippen LogP contribution in [0.1, 0.15) is 58.1 Å². The SMILES string of the molecule is CC1(C)C(=O)N(c2ccc(N)c(C(F)(F)F)c2)C(=O)N1CCCCCN1C(=O)N(c2ccc(N)c(C(F)(F)F)c2)C(=O)C1(C)C. The second kappa shape index (κ2) is 11.1. The number of rotatable bonds is 8. The molecule has 4 N–H and O–H groups in total. The maximum atomic E-state index is 13.4. The van der Waals surface area contributed by atoms with E-state index < -0.39 is 69.8 Å². The highest BCUT2D eigenvalue weighted by molar-refractivity contribution is 6.23. The summed E-state index contributed by atoms with van der Waals surface area (Å²) in [7, 11) is 0. The van der Waals surface area contributed by atoms with Crippen LogP contribution in [0.3, 0.4) is 0 Å². The van der Waals surface area contributed by atoms with E-state index in [-0.39, 0.29) is 24.5 Å². The number of hydrogen-bond acceptors (Lipinski definition) is 6. The Kier molecular flexibility index (Phi) is 8.27. The van der Waals surface area contributed by atoms with Crippen LogP contribution in [-0.4, -0.2) is 57.8 Å². The van der Waals surface area contributed by atoms with Gasteiger partial charge in [0.1, 0.15) is 11.1 Å². The van der Waals surface area contributed by atoms with Crippen LogP contribution in [-0.2, 0) is 21.9 Å². The molecule has 2 aromatic carbocycles. The summed E-state index contributed by atoms with van der Waals surface area (Å²) < 4.78 is 80.4. The monoisotopic (exact) mass is 642 g/mol. The maximum absolute atomic E-state index is 13.4. The van der Waals surface area contributed by atoms with Crippen molar-refractivity contribution in [3.8, 4) is 0 Å². The number of halogens is 6. The summed E-state index contributed by atoms with van der Waals surface area (Å²) in [4.78, 5) is 56.6. The minimum atomic E-state index is -4.80. The molecule has 0 aromatic heterocycles. The van der Waals surface area contributed by atoms with Gasteiger partial charge in [0.15, 0.2) is 0 Å². The molecule has 244 valence electrons. The Balaban J connectivity index is 1.41. The average Bonchev–Trinajstić information content (AvgIpc) is 3.19. The van der Waals surface area contributed by atoms with E-state index >= 15 is 0 Å². The van der Waals surface area contributed by atoms with Crippen LogP contribution in [0.5, 0.6) is 0 Å². The molecule has 0 bridgehead atoms. The number of nitrogens with two attached hydrogens (primary N) is 2.